The summed E-state index contributed by atoms with van der Waals surface area (Å²) in [6, 6.07) is 0. The van der Waals surface area contributed by atoms with Crippen LogP contribution in [0, 0.1) is 0 Å². The third-order valence-corrected chi connectivity index (χ3v) is 1.58. The molecular formula is C5H6F5O4P. The molecule has 0 aromatic heterocycles. The number of carbonyl (C=O) groups is 2. The Hall–Kier alpha value is -0.980. The van der Waals surface area contributed by atoms with Gasteiger partial charge in [-0.05, 0) is 0 Å². The molecule has 0 saturated carbocycles. The summed E-state index contributed by atoms with van der Waals surface area (Å²) in [7, 11) is -6.79. The second-order valence-electron chi connectivity index (χ2n) is 2.38. The molecule has 0 spiro atoms. The van der Waals surface area contributed by atoms with Crippen LogP contribution in [0.2, 0.25) is 0 Å². The maximum absolute atomic E-state index is 13.0. The van der Waals surface area contributed by atoms with E-state index in [2.05, 4.69) is 9.26 Å². The molecule has 0 aliphatic carbocycles. The zero-order valence-electron chi connectivity index (χ0n) is 7.23. The minimum absolute atomic E-state index is 0.188. The van der Waals surface area contributed by atoms with Gasteiger partial charge in [0.25, 0.3) is 0 Å². The van der Waals surface area contributed by atoms with E-state index in [0.717, 1.165) is 0 Å². The van der Waals surface area contributed by atoms with Crippen LogP contribution in [0.15, 0.2) is 0 Å². The van der Waals surface area contributed by atoms with Gasteiger partial charge in [-0.1, -0.05) is 0 Å². The van der Waals surface area contributed by atoms with Gasteiger partial charge in [0.15, 0.2) is 0 Å². The Morgan fingerprint density at radius 1 is 1.27 bits per heavy atom. The third-order valence-electron chi connectivity index (χ3n) is 1.16. The van der Waals surface area contributed by atoms with E-state index in [9.17, 15) is 31.0 Å². The second kappa shape index (κ2) is 4.69. The van der Waals surface area contributed by atoms with Gasteiger partial charge in [-0.3, -0.25) is 0 Å². The molecular weight excluding hydrogens is 250 g/mol. The summed E-state index contributed by atoms with van der Waals surface area (Å²) in [5.74, 6) is -4.53. The number of ether oxygens (including phenoxy) is 1. The van der Waals surface area contributed by atoms with Crippen molar-refractivity contribution in [2.45, 2.75) is 12.6 Å². The first kappa shape index (κ1) is 14.0. The van der Waals surface area contributed by atoms with Gasteiger partial charge >= 0.3 is 80.0 Å². The first-order chi connectivity index (χ1) is 6.61. The molecule has 0 aromatic carbocycles. The molecule has 0 aliphatic heterocycles. The van der Waals surface area contributed by atoms with E-state index in [1.165, 1.54) is 0 Å². The average molecular weight is 256 g/mol. The van der Waals surface area contributed by atoms with Crippen LogP contribution in [-0.2, 0) is 18.8 Å². The Morgan fingerprint density at radius 3 is 2.07 bits per heavy atom. The number of esters is 1. The van der Waals surface area contributed by atoms with Gasteiger partial charge in [0.1, 0.15) is 0 Å². The molecule has 0 bridgehead atoms. The van der Waals surface area contributed by atoms with E-state index in [1.54, 1.807) is 0 Å². The Balaban J connectivity index is 4.59. The summed E-state index contributed by atoms with van der Waals surface area (Å²) >= 11 is 0. The van der Waals surface area contributed by atoms with E-state index < -0.39 is 32.9 Å². The predicted octanol–water partition coefficient (Wildman–Crippen LogP) is 2.05. The van der Waals surface area contributed by atoms with Crippen molar-refractivity contribution in [2.24, 2.45) is 0 Å². The summed E-state index contributed by atoms with van der Waals surface area (Å²) in [6.45, 7) is -1.57. The molecule has 0 amide bonds. The van der Waals surface area contributed by atoms with Crippen LogP contribution < -0.4 is 0 Å². The number of carbonyl (C=O) groups excluding carboxylic acids is 2. The van der Waals surface area contributed by atoms with Crippen molar-refractivity contribution in [3.8, 4) is 0 Å². The number of hydrogen-bond acceptors (Lipinski definition) is 4. The first-order valence-corrected chi connectivity index (χ1v) is 4.87. The zero-order chi connectivity index (χ0) is 12.3. The molecule has 90 valence electrons. The van der Waals surface area contributed by atoms with Gasteiger partial charge in [0, 0.05) is 0 Å². The van der Waals surface area contributed by atoms with Crippen LogP contribution in [0.1, 0.15) is 6.92 Å². The number of halogens is 5. The molecule has 4 nitrogen and oxygen atoms in total. The van der Waals surface area contributed by atoms with E-state index in [1.807, 2.05) is 0 Å². The normalized spacial score (nSPS) is 16.4. The zero-order valence-corrected chi connectivity index (χ0v) is 8.23. The van der Waals surface area contributed by atoms with Gasteiger partial charge in [-0.15, -0.1) is 0 Å². The topological polar surface area (TPSA) is 52.6 Å². The monoisotopic (exact) mass is 256 g/mol. The fourth-order valence-electron chi connectivity index (χ4n) is 0.469. The molecule has 0 saturated heterocycles. The van der Waals surface area contributed by atoms with E-state index in [4.69, 9.17) is 0 Å². The molecule has 1 unspecified atom stereocenters. The van der Waals surface area contributed by atoms with Gasteiger partial charge in [0.2, 0.25) is 0 Å². The van der Waals surface area contributed by atoms with Crippen molar-refractivity contribution in [3.05, 3.63) is 0 Å². The summed E-state index contributed by atoms with van der Waals surface area (Å²) < 4.78 is 65.3. The Kier molecular flexibility index (Phi) is 4.39. The van der Waals surface area contributed by atoms with Crippen LogP contribution in [-0.4, -0.2) is 24.5 Å². The Bertz CT molecular complexity index is 263. The van der Waals surface area contributed by atoms with Crippen molar-refractivity contribution in [1.82, 2.24) is 0 Å². The number of alkyl halides is 2. The van der Waals surface area contributed by atoms with Crippen molar-refractivity contribution in [2.75, 3.05) is 6.86 Å². The van der Waals surface area contributed by atoms with Crippen LogP contribution in [0.3, 0.4) is 0 Å². The van der Waals surface area contributed by atoms with Gasteiger partial charge < -0.3 is 0 Å². The van der Waals surface area contributed by atoms with Crippen LogP contribution in [0.25, 0.3) is 0 Å². The standard InChI is InChI=1S/C5H6F5O4P/c1-5(7,3(11)13-2-6)4(12)14-15(8,9)10/h15H,2H2,1H3. The quantitative estimate of drug-likeness (QED) is 0.334. The summed E-state index contributed by atoms with van der Waals surface area (Å²) in [4.78, 5) is 21.0. The van der Waals surface area contributed by atoms with Gasteiger partial charge in [-0.2, -0.15) is 0 Å². The fourth-order valence-corrected chi connectivity index (χ4v) is 0.871. The molecule has 0 radical (unpaired) electrons. The summed E-state index contributed by atoms with van der Waals surface area (Å²) in [6.07, 6.45) is 0. The SMILES string of the molecule is CC(F)(C(=O)OCF)C(=O)O[PH](F)(F)F. The summed E-state index contributed by atoms with van der Waals surface area (Å²) in [5, 5.41) is 0. The van der Waals surface area contributed by atoms with Crippen molar-refractivity contribution < 1.29 is 40.2 Å². The van der Waals surface area contributed by atoms with E-state index in [0.29, 0.717) is 0 Å². The molecule has 0 heterocycles. The molecule has 0 fully saturated rings. The molecule has 10 heteroatoms. The Morgan fingerprint density at radius 2 is 1.73 bits per heavy atom. The van der Waals surface area contributed by atoms with Crippen LogP contribution in [0.4, 0.5) is 21.4 Å². The molecule has 1 atom stereocenters. The molecule has 0 N–H and O–H groups in total. The van der Waals surface area contributed by atoms with Crippen molar-refractivity contribution in [3.63, 3.8) is 0 Å². The molecule has 0 rings (SSSR count). The molecule has 0 aromatic rings. The summed E-state index contributed by atoms with van der Waals surface area (Å²) in [5.41, 5.74) is -3.67. The number of hydrogen-bond donors (Lipinski definition) is 0. The minimum atomic E-state index is -6.79. The maximum atomic E-state index is 13.0. The van der Waals surface area contributed by atoms with E-state index in [-0.39, 0.29) is 6.92 Å². The van der Waals surface area contributed by atoms with Crippen LogP contribution in [0.5, 0.6) is 0 Å². The fraction of sp³-hybridized carbons (Fsp3) is 0.600. The van der Waals surface area contributed by atoms with Gasteiger partial charge in [0.05, 0.1) is 0 Å². The van der Waals surface area contributed by atoms with Crippen molar-refractivity contribution >= 4 is 20.4 Å². The van der Waals surface area contributed by atoms with Crippen molar-refractivity contribution in [1.29, 1.82) is 0 Å². The Labute approximate surface area is 81.1 Å². The average Bonchev–Trinajstić information content (AvgIpc) is 2.01. The third kappa shape index (κ3) is 4.37. The first-order valence-electron chi connectivity index (χ1n) is 3.33. The van der Waals surface area contributed by atoms with Crippen LogP contribution >= 0.6 is 8.42 Å². The molecule has 15 heavy (non-hydrogen) atoms. The molecule has 0 aliphatic rings. The van der Waals surface area contributed by atoms with Gasteiger partial charge in [-0.25, -0.2) is 0 Å². The second-order valence-corrected chi connectivity index (χ2v) is 3.47. The predicted molar refractivity (Wildman–Crippen MR) is 39.3 cm³/mol. The number of rotatable bonds is 4. The van der Waals surface area contributed by atoms with E-state index >= 15 is 0 Å².